The van der Waals surface area contributed by atoms with Crippen molar-refractivity contribution in [2.24, 2.45) is 4.99 Å². The van der Waals surface area contributed by atoms with E-state index < -0.39 is 14.6 Å². The van der Waals surface area contributed by atoms with E-state index in [2.05, 4.69) is 10.3 Å². The molecule has 0 heterocycles. The molecule has 1 aromatic carbocycles. The summed E-state index contributed by atoms with van der Waals surface area (Å²) in [6, 6.07) is 7.61. The van der Waals surface area contributed by atoms with Gasteiger partial charge in [0.1, 0.15) is 0 Å². The summed E-state index contributed by atoms with van der Waals surface area (Å²) in [6.45, 7) is 6.09. The van der Waals surface area contributed by atoms with Crippen LogP contribution in [0, 0.1) is 0 Å². The van der Waals surface area contributed by atoms with Gasteiger partial charge >= 0.3 is 0 Å². The second-order valence-electron chi connectivity index (χ2n) is 6.39. The van der Waals surface area contributed by atoms with Gasteiger partial charge in [-0.05, 0) is 38.5 Å². The zero-order valence-electron chi connectivity index (χ0n) is 14.4. The Bertz CT molecular complexity index is 652. The van der Waals surface area contributed by atoms with Crippen LogP contribution >= 0.6 is 11.6 Å². The van der Waals surface area contributed by atoms with E-state index in [9.17, 15) is 8.42 Å². The summed E-state index contributed by atoms with van der Waals surface area (Å²) in [5.74, 6) is 0.717. The first-order valence-corrected chi connectivity index (χ1v) is 9.48. The van der Waals surface area contributed by atoms with Crippen LogP contribution in [-0.2, 0) is 16.4 Å². The molecule has 5 nitrogen and oxygen atoms in total. The van der Waals surface area contributed by atoms with Crippen LogP contribution < -0.4 is 5.32 Å². The molecular weight excluding hydrogens is 334 g/mol. The molecule has 0 amide bonds. The Balaban J connectivity index is 2.61. The molecule has 0 bridgehead atoms. The second-order valence-corrected chi connectivity index (χ2v) is 9.69. The van der Waals surface area contributed by atoms with Gasteiger partial charge < -0.3 is 10.2 Å². The number of hydrogen-bond acceptors (Lipinski definition) is 3. The number of hydrogen-bond donors (Lipinski definition) is 1. The smallest absolute Gasteiger partial charge is 0.193 e. The van der Waals surface area contributed by atoms with Gasteiger partial charge in [0.2, 0.25) is 0 Å². The standard InChI is InChI=1S/C16H26ClN3O2S/c1-16(2,3)23(21,22)10-9-19-15(18-4)20(5)12-13-7-6-8-14(17)11-13/h6-8,11H,9-10,12H2,1-5H3,(H,18,19). The summed E-state index contributed by atoms with van der Waals surface area (Å²) in [7, 11) is 0.428. The van der Waals surface area contributed by atoms with Crippen molar-refractivity contribution in [1.29, 1.82) is 0 Å². The quantitative estimate of drug-likeness (QED) is 0.648. The summed E-state index contributed by atoms with van der Waals surface area (Å²) in [5.41, 5.74) is 1.06. The maximum absolute atomic E-state index is 12.1. The highest BCUT2D eigenvalue weighted by atomic mass is 35.5. The van der Waals surface area contributed by atoms with E-state index >= 15 is 0 Å². The molecule has 0 radical (unpaired) electrons. The molecular formula is C16H26ClN3O2S. The molecule has 0 saturated heterocycles. The minimum Gasteiger partial charge on any atom is -0.355 e. The largest absolute Gasteiger partial charge is 0.355 e. The maximum Gasteiger partial charge on any atom is 0.193 e. The Kier molecular flexibility index (Phi) is 6.89. The van der Waals surface area contributed by atoms with Crippen molar-refractivity contribution in [3.05, 3.63) is 34.9 Å². The lowest BCUT2D eigenvalue weighted by Crippen LogP contribution is -2.42. The predicted molar refractivity (Wildman–Crippen MR) is 97.8 cm³/mol. The fraction of sp³-hybridized carbons (Fsp3) is 0.562. The molecule has 0 spiro atoms. The molecule has 0 unspecified atom stereocenters. The van der Waals surface area contributed by atoms with Gasteiger partial charge in [0.05, 0.1) is 10.5 Å². The fourth-order valence-corrected chi connectivity index (χ4v) is 3.17. The lowest BCUT2D eigenvalue weighted by molar-refractivity contribution is 0.478. The number of benzene rings is 1. The van der Waals surface area contributed by atoms with Crippen LogP contribution in [-0.4, -0.2) is 50.4 Å². The lowest BCUT2D eigenvalue weighted by Gasteiger charge is -2.23. The molecule has 1 aromatic rings. The van der Waals surface area contributed by atoms with Crippen molar-refractivity contribution in [3.63, 3.8) is 0 Å². The van der Waals surface area contributed by atoms with Crippen LogP contribution in [0.15, 0.2) is 29.3 Å². The maximum atomic E-state index is 12.1. The van der Waals surface area contributed by atoms with Crippen molar-refractivity contribution in [1.82, 2.24) is 10.2 Å². The molecule has 0 aromatic heterocycles. The Labute approximate surface area is 144 Å². The van der Waals surface area contributed by atoms with Gasteiger partial charge in [-0.3, -0.25) is 4.99 Å². The normalized spacial score (nSPS) is 13.0. The zero-order chi connectivity index (χ0) is 17.7. The average Bonchev–Trinajstić information content (AvgIpc) is 2.42. The van der Waals surface area contributed by atoms with Gasteiger partial charge in [-0.1, -0.05) is 23.7 Å². The van der Waals surface area contributed by atoms with Gasteiger partial charge in [0.15, 0.2) is 15.8 Å². The summed E-state index contributed by atoms with van der Waals surface area (Å²) in [4.78, 5) is 6.12. The molecule has 7 heteroatoms. The fourth-order valence-electron chi connectivity index (χ4n) is 1.97. The molecule has 0 aliphatic carbocycles. The average molecular weight is 360 g/mol. The van der Waals surface area contributed by atoms with E-state index in [0.717, 1.165) is 5.56 Å². The Hall–Kier alpha value is -1.27. The van der Waals surface area contributed by atoms with Crippen molar-refractivity contribution in [2.45, 2.75) is 32.1 Å². The number of guanidine groups is 1. The highest BCUT2D eigenvalue weighted by Gasteiger charge is 2.28. The van der Waals surface area contributed by atoms with Gasteiger partial charge in [-0.2, -0.15) is 0 Å². The Morgan fingerprint density at radius 1 is 1.35 bits per heavy atom. The third-order valence-corrected chi connectivity index (χ3v) is 6.31. The van der Waals surface area contributed by atoms with E-state index in [4.69, 9.17) is 11.6 Å². The Morgan fingerprint density at radius 3 is 2.52 bits per heavy atom. The van der Waals surface area contributed by atoms with Crippen LogP contribution in [0.1, 0.15) is 26.3 Å². The highest BCUT2D eigenvalue weighted by Crippen LogP contribution is 2.15. The van der Waals surface area contributed by atoms with Crippen LogP contribution in [0.25, 0.3) is 0 Å². The molecule has 23 heavy (non-hydrogen) atoms. The van der Waals surface area contributed by atoms with Crippen molar-refractivity contribution in [3.8, 4) is 0 Å². The topological polar surface area (TPSA) is 61.8 Å². The van der Waals surface area contributed by atoms with Crippen molar-refractivity contribution < 1.29 is 8.42 Å². The number of sulfone groups is 1. The first-order valence-electron chi connectivity index (χ1n) is 7.45. The van der Waals surface area contributed by atoms with Gasteiger partial charge in [-0.25, -0.2) is 8.42 Å². The van der Waals surface area contributed by atoms with E-state index in [1.54, 1.807) is 27.8 Å². The monoisotopic (exact) mass is 359 g/mol. The summed E-state index contributed by atoms with van der Waals surface area (Å²) in [5, 5.41) is 3.79. The lowest BCUT2D eigenvalue weighted by atomic mass is 10.2. The molecule has 130 valence electrons. The molecule has 0 aliphatic rings. The first-order chi connectivity index (χ1) is 10.6. The van der Waals surface area contributed by atoms with E-state index in [1.807, 2.05) is 36.2 Å². The Morgan fingerprint density at radius 2 is 2.00 bits per heavy atom. The van der Waals surface area contributed by atoms with Gasteiger partial charge in [-0.15, -0.1) is 0 Å². The number of nitrogens with zero attached hydrogens (tertiary/aromatic N) is 2. The zero-order valence-corrected chi connectivity index (χ0v) is 16.0. The molecule has 1 rings (SSSR count). The van der Waals surface area contributed by atoms with E-state index in [1.165, 1.54) is 0 Å². The number of nitrogens with one attached hydrogen (secondary N) is 1. The third-order valence-electron chi connectivity index (χ3n) is 3.47. The third kappa shape index (κ3) is 6.03. The van der Waals surface area contributed by atoms with Gasteiger partial charge in [0, 0.05) is 32.2 Å². The van der Waals surface area contributed by atoms with Crippen LogP contribution in [0.5, 0.6) is 0 Å². The van der Waals surface area contributed by atoms with Crippen LogP contribution in [0.2, 0.25) is 5.02 Å². The summed E-state index contributed by atoms with van der Waals surface area (Å²) < 4.78 is 23.5. The molecule has 0 atom stereocenters. The van der Waals surface area contributed by atoms with Crippen LogP contribution in [0.3, 0.4) is 0 Å². The summed E-state index contributed by atoms with van der Waals surface area (Å²) >= 11 is 5.99. The minimum absolute atomic E-state index is 0.0700. The summed E-state index contributed by atoms with van der Waals surface area (Å²) in [6.07, 6.45) is 0. The molecule has 0 aliphatic heterocycles. The molecule has 0 fully saturated rings. The predicted octanol–water partition coefficient (Wildman–Crippen LogP) is 2.56. The number of aliphatic imine (C=N–C) groups is 1. The molecule has 1 N–H and O–H groups in total. The highest BCUT2D eigenvalue weighted by molar-refractivity contribution is 7.92. The molecule has 0 saturated carbocycles. The number of halogens is 1. The van der Waals surface area contributed by atoms with Crippen molar-refractivity contribution >= 4 is 27.4 Å². The first kappa shape index (κ1) is 19.8. The van der Waals surface area contributed by atoms with E-state index in [-0.39, 0.29) is 5.75 Å². The van der Waals surface area contributed by atoms with Gasteiger partial charge in [0.25, 0.3) is 0 Å². The van der Waals surface area contributed by atoms with Crippen molar-refractivity contribution in [2.75, 3.05) is 26.4 Å². The van der Waals surface area contributed by atoms with E-state index in [0.29, 0.717) is 24.1 Å². The SMILES string of the molecule is CN=C(NCCS(=O)(=O)C(C)(C)C)N(C)Cc1cccc(Cl)c1. The number of rotatable bonds is 5. The second kappa shape index (κ2) is 8.02. The van der Waals surface area contributed by atoms with Crippen LogP contribution in [0.4, 0.5) is 0 Å². The minimum atomic E-state index is -3.15.